The van der Waals surface area contributed by atoms with Crippen LogP contribution in [0.1, 0.15) is 45.4 Å². The molecule has 1 saturated carbocycles. The summed E-state index contributed by atoms with van der Waals surface area (Å²) >= 11 is 0. The first-order valence-electron chi connectivity index (χ1n) is 6.25. The van der Waals surface area contributed by atoms with Gasteiger partial charge in [-0.2, -0.15) is 0 Å². The first kappa shape index (κ1) is 14.0. The van der Waals surface area contributed by atoms with E-state index in [0.29, 0.717) is 6.54 Å². The number of carbonyl (C=O) groups excluding carboxylic acids is 1. The molecule has 3 N–H and O–H groups in total. The van der Waals surface area contributed by atoms with Crippen LogP contribution in [0.3, 0.4) is 0 Å². The second-order valence-electron chi connectivity index (χ2n) is 4.96. The first-order chi connectivity index (χ1) is 7.97. The molecular formula is C12H22N2O3. The van der Waals surface area contributed by atoms with Gasteiger partial charge in [0.15, 0.2) is 0 Å². The van der Waals surface area contributed by atoms with Crippen LogP contribution in [-0.4, -0.2) is 40.5 Å². The standard InChI is InChI=1S/C12H22N2O3/c1-2-7-14(9-11(16)17)10(15)8-12(13)5-3-4-6-12/h2-9,13H2,1H3,(H,16,17). The molecule has 0 radical (unpaired) electrons. The Kier molecular flexibility index (Phi) is 4.93. The van der Waals surface area contributed by atoms with Crippen LogP contribution in [0.2, 0.25) is 0 Å². The molecule has 0 aromatic carbocycles. The molecule has 0 spiro atoms. The van der Waals surface area contributed by atoms with Crippen LogP contribution >= 0.6 is 0 Å². The Balaban J connectivity index is 2.54. The average molecular weight is 242 g/mol. The topological polar surface area (TPSA) is 83.6 Å². The number of nitrogens with zero attached hydrogens (tertiary/aromatic N) is 1. The lowest BCUT2D eigenvalue weighted by Gasteiger charge is -2.27. The van der Waals surface area contributed by atoms with Crippen molar-refractivity contribution >= 4 is 11.9 Å². The third-order valence-corrected chi connectivity index (χ3v) is 3.27. The van der Waals surface area contributed by atoms with E-state index in [1.165, 1.54) is 4.90 Å². The van der Waals surface area contributed by atoms with Crippen LogP contribution in [0.25, 0.3) is 0 Å². The number of rotatable bonds is 6. The summed E-state index contributed by atoms with van der Waals surface area (Å²) in [5, 5.41) is 8.76. The van der Waals surface area contributed by atoms with Gasteiger partial charge in [0.25, 0.3) is 0 Å². The van der Waals surface area contributed by atoms with Gasteiger partial charge in [0.2, 0.25) is 5.91 Å². The Morgan fingerprint density at radius 1 is 1.35 bits per heavy atom. The van der Waals surface area contributed by atoms with Gasteiger partial charge in [-0.3, -0.25) is 9.59 Å². The maximum absolute atomic E-state index is 12.0. The molecule has 0 aliphatic heterocycles. The largest absolute Gasteiger partial charge is 0.480 e. The van der Waals surface area contributed by atoms with Crippen molar-refractivity contribution < 1.29 is 14.7 Å². The number of carboxylic acids is 1. The van der Waals surface area contributed by atoms with Gasteiger partial charge in [0.1, 0.15) is 6.54 Å². The number of amides is 1. The summed E-state index contributed by atoms with van der Waals surface area (Å²) in [6.07, 6.45) is 4.90. The summed E-state index contributed by atoms with van der Waals surface area (Å²) in [4.78, 5) is 24.1. The molecule has 0 aromatic heterocycles. The minimum absolute atomic E-state index is 0.126. The smallest absolute Gasteiger partial charge is 0.323 e. The number of hydrogen-bond donors (Lipinski definition) is 2. The Morgan fingerprint density at radius 2 is 1.94 bits per heavy atom. The molecule has 0 bridgehead atoms. The van der Waals surface area contributed by atoms with Crippen LogP contribution in [0.5, 0.6) is 0 Å². The molecule has 0 saturated heterocycles. The number of nitrogens with two attached hydrogens (primary N) is 1. The molecule has 1 amide bonds. The van der Waals surface area contributed by atoms with Gasteiger partial charge in [0, 0.05) is 18.5 Å². The third kappa shape index (κ3) is 4.34. The zero-order valence-electron chi connectivity index (χ0n) is 10.4. The maximum atomic E-state index is 12.0. The van der Waals surface area contributed by atoms with Gasteiger partial charge in [-0.1, -0.05) is 19.8 Å². The van der Waals surface area contributed by atoms with Crippen LogP contribution < -0.4 is 5.73 Å². The van der Waals surface area contributed by atoms with Crippen LogP contribution in [0.15, 0.2) is 0 Å². The van der Waals surface area contributed by atoms with Gasteiger partial charge in [0.05, 0.1) is 0 Å². The van der Waals surface area contributed by atoms with Crippen molar-refractivity contribution in [2.24, 2.45) is 5.73 Å². The van der Waals surface area contributed by atoms with Crippen molar-refractivity contribution in [2.75, 3.05) is 13.1 Å². The fraction of sp³-hybridized carbons (Fsp3) is 0.833. The normalized spacial score (nSPS) is 18.0. The predicted octanol–water partition coefficient (Wildman–Crippen LogP) is 0.971. The number of aliphatic carboxylic acids is 1. The van der Waals surface area contributed by atoms with Crippen molar-refractivity contribution in [1.29, 1.82) is 0 Å². The minimum Gasteiger partial charge on any atom is -0.480 e. The van der Waals surface area contributed by atoms with Gasteiger partial charge >= 0.3 is 5.97 Å². The fourth-order valence-electron chi connectivity index (χ4n) is 2.39. The van der Waals surface area contributed by atoms with E-state index >= 15 is 0 Å². The molecule has 0 unspecified atom stereocenters. The lowest BCUT2D eigenvalue weighted by Crippen LogP contribution is -2.45. The Bertz CT molecular complexity index is 285. The molecule has 1 rings (SSSR count). The van der Waals surface area contributed by atoms with Crippen molar-refractivity contribution in [1.82, 2.24) is 4.90 Å². The Hall–Kier alpha value is -1.10. The highest BCUT2D eigenvalue weighted by molar-refractivity contribution is 5.82. The average Bonchev–Trinajstić information content (AvgIpc) is 2.63. The highest BCUT2D eigenvalue weighted by atomic mass is 16.4. The van der Waals surface area contributed by atoms with E-state index in [-0.39, 0.29) is 18.9 Å². The fourth-order valence-corrected chi connectivity index (χ4v) is 2.39. The number of carboxylic acid groups (broad SMARTS) is 1. The number of carbonyl (C=O) groups is 2. The van der Waals surface area contributed by atoms with Crippen LogP contribution in [-0.2, 0) is 9.59 Å². The van der Waals surface area contributed by atoms with Gasteiger partial charge in [-0.25, -0.2) is 0 Å². The quantitative estimate of drug-likeness (QED) is 0.727. The van der Waals surface area contributed by atoms with E-state index in [1.807, 2.05) is 6.92 Å². The van der Waals surface area contributed by atoms with E-state index in [9.17, 15) is 9.59 Å². The second-order valence-corrected chi connectivity index (χ2v) is 4.96. The molecule has 0 heterocycles. The highest BCUT2D eigenvalue weighted by Crippen LogP contribution is 2.30. The molecule has 5 nitrogen and oxygen atoms in total. The summed E-state index contributed by atoms with van der Waals surface area (Å²) in [7, 11) is 0. The molecule has 5 heteroatoms. The zero-order chi connectivity index (χ0) is 12.9. The zero-order valence-corrected chi connectivity index (χ0v) is 10.4. The molecule has 98 valence electrons. The third-order valence-electron chi connectivity index (χ3n) is 3.27. The molecule has 0 aromatic rings. The van der Waals surface area contributed by atoms with Crippen molar-refractivity contribution in [3.05, 3.63) is 0 Å². The monoisotopic (exact) mass is 242 g/mol. The highest BCUT2D eigenvalue weighted by Gasteiger charge is 2.33. The first-order valence-corrected chi connectivity index (χ1v) is 6.25. The van der Waals surface area contributed by atoms with E-state index < -0.39 is 11.5 Å². The van der Waals surface area contributed by atoms with E-state index in [1.54, 1.807) is 0 Å². The summed E-state index contributed by atoms with van der Waals surface area (Å²) < 4.78 is 0. The van der Waals surface area contributed by atoms with Crippen molar-refractivity contribution in [2.45, 2.75) is 51.0 Å². The summed E-state index contributed by atoms with van der Waals surface area (Å²) in [5.74, 6) is -1.09. The molecule has 1 fully saturated rings. The van der Waals surface area contributed by atoms with Crippen molar-refractivity contribution in [3.63, 3.8) is 0 Å². The van der Waals surface area contributed by atoms with E-state index in [2.05, 4.69) is 0 Å². The van der Waals surface area contributed by atoms with Crippen LogP contribution in [0, 0.1) is 0 Å². The SMILES string of the molecule is CCCN(CC(=O)O)C(=O)CC1(N)CCCC1. The van der Waals surface area contributed by atoms with Gasteiger partial charge < -0.3 is 15.7 Å². The summed E-state index contributed by atoms with van der Waals surface area (Å²) in [6, 6.07) is 0. The number of hydrogen-bond acceptors (Lipinski definition) is 3. The molecule has 17 heavy (non-hydrogen) atoms. The van der Waals surface area contributed by atoms with E-state index in [0.717, 1.165) is 32.1 Å². The molecule has 1 aliphatic rings. The lowest BCUT2D eigenvalue weighted by molar-refractivity contribution is -0.145. The maximum Gasteiger partial charge on any atom is 0.323 e. The summed E-state index contributed by atoms with van der Waals surface area (Å²) in [6.45, 7) is 2.19. The summed E-state index contributed by atoms with van der Waals surface area (Å²) in [5.41, 5.74) is 5.73. The van der Waals surface area contributed by atoms with E-state index in [4.69, 9.17) is 10.8 Å². The van der Waals surface area contributed by atoms with Gasteiger partial charge in [-0.15, -0.1) is 0 Å². The Labute approximate surface area is 102 Å². The Morgan fingerprint density at radius 3 is 2.41 bits per heavy atom. The predicted molar refractivity (Wildman–Crippen MR) is 64.5 cm³/mol. The lowest BCUT2D eigenvalue weighted by atomic mass is 9.94. The molecule has 1 aliphatic carbocycles. The second kappa shape index (κ2) is 6.00. The minimum atomic E-state index is -0.968. The molecule has 0 atom stereocenters. The van der Waals surface area contributed by atoms with Crippen molar-refractivity contribution in [3.8, 4) is 0 Å². The molecular weight excluding hydrogens is 220 g/mol. The van der Waals surface area contributed by atoms with Crippen LogP contribution in [0.4, 0.5) is 0 Å². The van der Waals surface area contributed by atoms with Gasteiger partial charge in [-0.05, 0) is 19.3 Å².